The highest BCUT2D eigenvalue weighted by Crippen LogP contribution is 2.13. The summed E-state index contributed by atoms with van der Waals surface area (Å²) in [7, 11) is 0. The highest BCUT2D eigenvalue weighted by Gasteiger charge is 2.20. The first-order valence-electron chi connectivity index (χ1n) is 5.81. The summed E-state index contributed by atoms with van der Waals surface area (Å²) in [5.41, 5.74) is 0. The van der Waals surface area contributed by atoms with Gasteiger partial charge in [-0.15, -0.1) is 11.6 Å². The standard InChI is InChI=1S/C11H21ClO5/c1-9(12)10(5-4-7-14)17-11(15)16-8-3-2-6-13/h9-10,13-14H,2-8H2,1H3. The van der Waals surface area contributed by atoms with Gasteiger partial charge in [-0.3, -0.25) is 0 Å². The molecule has 2 N–H and O–H groups in total. The van der Waals surface area contributed by atoms with E-state index in [0.29, 0.717) is 25.7 Å². The zero-order chi connectivity index (χ0) is 13.1. The van der Waals surface area contributed by atoms with Crippen LogP contribution in [0, 0.1) is 0 Å². The molecule has 0 bridgehead atoms. The van der Waals surface area contributed by atoms with E-state index in [0.717, 1.165) is 0 Å². The van der Waals surface area contributed by atoms with Gasteiger partial charge in [0, 0.05) is 13.2 Å². The van der Waals surface area contributed by atoms with Gasteiger partial charge >= 0.3 is 6.16 Å². The molecular weight excluding hydrogens is 248 g/mol. The molecule has 0 rings (SSSR count). The zero-order valence-electron chi connectivity index (χ0n) is 10.1. The van der Waals surface area contributed by atoms with Crippen LogP contribution < -0.4 is 0 Å². The molecule has 0 saturated carbocycles. The van der Waals surface area contributed by atoms with E-state index < -0.39 is 12.3 Å². The van der Waals surface area contributed by atoms with Crippen LogP contribution in [0.15, 0.2) is 0 Å². The first kappa shape index (κ1) is 16.5. The van der Waals surface area contributed by atoms with Crippen molar-refractivity contribution in [3.05, 3.63) is 0 Å². The lowest BCUT2D eigenvalue weighted by Gasteiger charge is -2.19. The quantitative estimate of drug-likeness (QED) is 0.378. The molecule has 0 fully saturated rings. The Kier molecular flexibility index (Phi) is 10.3. The van der Waals surface area contributed by atoms with Crippen LogP contribution in [0.5, 0.6) is 0 Å². The molecule has 5 nitrogen and oxygen atoms in total. The molecule has 0 aromatic carbocycles. The van der Waals surface area contributed by atoms with Gasteiger partial charge in [-0.05, 0) is 32.6 Å². The Balaban J connectivity index is 3.79. The third kappa shape index (κ3) is 9.21. The smallest absolute Gasteiger partial charge is 0.434 e. The molecule has 6 heteroatoms. The number of hydrogen-bond acceptors (Lipinski definition) is 5. The molecule has 0 saturated heterocycles. The van der Waals surface area contributed by atoms with Crippen molar-refractivity contribution in [2.75, 3.05) is 19.8 Å². The highest BCUT2D eigenvalue weighted by molar-refractivity contribution is 6.20. The van der Waals surface area contributed by atoms with Crippen LogP contribution in [-0.4, -0.2) is 47.7 Å². The van der Waals surface area contributed by atoms with Gasteiger partial charge in [0.1, 0.15) is 6.10 Å². The van der Waals surface area contributed by atoms with Gasteiger partial charge in [0.05, 0.1) is 12.0 Å². The number of halogens is 1. The maximum Gasteiger partial charge on any atom is 0.508 e. The Morgan fingerprint density at radius 3 is 2.41 bits per heavy atom. The van der Waals surface area contributed by atoms with Crippen molar-refractivity contribution < 1.29 is 24.5 Å². The van der Waals surface area contributed by atoms with E-state index in [1.165, 1.54) is 0 Å². The van der Waals surface area contributed by atoms with Crippen molar-refractivity contribution in [2.24, 2.45) is 0 Å². The molecule has 0 amide bonds. The summed E-state index contributed by atoms with van der Waals surface area (Å²) in [6.07, 6.45) is 1.02. The number of rotatable bonds is 9. The number of carbonyl (C=O) groups excluding carboxylic acids is 1. The third-order valence-electron chi connectivity index (χ3n) is 2.18. The van der Waals surface area contributed by atoms with E-state index in [2.05, 4.69) is 0 Å². The summed E-state index contributed by atoms with van der Waals surface area (Å²) >= 11 is 5.86. The van der Waals surface area contributed by atoms with Crippen molar-refractivity contribution in [3.63, 3.8) is 0 Å². The second-order valence-electron chi connectivity index (χ2n) is 3.73. The topological polar surface area (TPSA) is 76.0 Å². The SMILES string of the molecule is CC(Cl)C(CCCO)OC(=O)OCCCCO. The molecule has 2 atom stereocenters. The van der Waals surface area contributed by atoms with E-state index in [1.807, 2.05) is 0 Å². The van der Waals surface area contributed by atoms with E-state index >= 15 is 0 Å². The minimum atomic E-state index is -0.752. The average molecular weight is 269 g/mol. The van der Waals surface area contributed by atoms with Crippen molar-refractivity contribution in [1.29, 1.82) is 0 Å². The second-order valence-corrected chi connectivity index (χ2v) is 4.42. The average Bonchev–Trinajstić information content (AvgIpc) is 2.29. The molecule has 0 aromatic heterocycles. The maximum absolute atomic E-state index is 11.3. The molecule has 0 aromatic rings. The lowest BCUT2D eigenvalue weighted by atomic mass is 10.1. The van der Waals surface area contributed by atoms with Crippen LogP contribution in [0.1, 0.15) is 32.6 Å². The Morgan fingerprint density at radius 1 is 1.24 bits per heavy atom. The third-order valence-corrected chi connectivity index (χ3v) is 2.46. The van der Waals surface area contributed by atoms with Gasteiger partial charge in [0.2, 0.25) is 0 Å². The van der Waals surface area contributed by atoms with Gasteiger partial charge in [-0.1, -0.05) is 0 Å². The normalized spacial score (nSPS) is 14.1. The van der Waals surface area contributed by atoms with E-state index in [4.69, 9.17) is 31.3 Å². The molecule has 0 spiro atoms. The number of carbonyl (C=O) groups is 1. The molecule has 0 heterocycles. The van der Waals surface area contributed by atoms with E-state index in [1.54, 1.807) is 6.92 Å². The first-order valence-corrected chi connectivity index (χ1v) is 6.24. The van der Waals surface area contributed by atoms with Gasteiger partial charge in [0.15, 0.2) is 0 Å². The number of aliphatic hydroxyl groups is 2. The Bertz CT molecular complexity index is 198. The van der Waals surface area contributed by atoms with Crippen molar-refractivity contribution in [3.8, 4) is 0 Å². The maximum atomic E-state index is 11.3. The molecule has 0 aliphatic heterocycles. The summed E-state index contributed by atoms with van der Waals surface area (Å²) in [5, 5.41) is 16.9. The second kappa shape index (κ2) is 10.6. The molecule has 17 heavy (non-hydrogen) atoms. The fourth-order valence-electron chi connectivity index (χ4n) is 1.20. The number of ether oxygens (including phenoxy) is 2. The van der Waals surface area contributed by atoms with Gasteiger partial charge in [0.25, 0.3) is 0 Å². The molecular formula is C11H21ClO5. The van der Waals surface area contributed by atoms with Crippen LogP contribution in [0.2, 0.25) is 0 Å². The first-order chi connectivity index (χ1) is 8.11. The summed E-state index contributed by atoms with van der Waals surface area (Å²) < 4.78 is 9.84. The number of unbranched alkanes of at least 4 members (excludes halogenated alkanes) is 1. The van der Waals surface area contributed by atoms with Crippen molar-refractivity contribution in [1.82, 2.24) is 0 Å². The summed E-state index contributed by atoms with van der Waals surface area (Å²) in [6, 6.07) is 0. The molecule has 0 aliphatic rings. The molecule has 102 valence electrons. The van der Waals surface area contributed by atoms with Crippen molar-refractivity contribution >= 4 is 17.8 Å². The van der Waals surface area contributed by atoms with Gasteiger partial charge in [-0.2, -0.15) is 0 Å². The Labute approximate surface area is 107 Å². The Hall–Kier alpha value is -0.520. The monoisotopic (exact) mass is 268 g/mol. The lowest BCUT2D eigenvalue weighted by molar-refractivity contribution is 0.0173. The minimum absolute atomic E-state index is 0.0367. The van der Waals surface area contributed by atoms with Gasteiger partial charge < -0.3 is 19.7 Å². The zero-order valence-corrected chi connectivity index (χ0v) is 10.9. The van der Waals surface area contributed by atoms with Crippen LogP contribution in [-0.2, 0) is 9.47 Å². The number of hydrogen-bond donors (Lipinski definition) is 2. The molecule has 0 radical (unpaired) electrons. The predicted molar refractivity (Wildman–Crippen MR) is 64.2 cm³/mol. The Morgan fingerprint density at radius 2 is 1.88 bits per heavy atom. The van der Waals surface area contributed by atoms with E-state index in [9.17, 15) is 4.79 Å². The highest BCUT2D eigenvalue weighted by atomic mass is 35.5. The van der Waals surface area contributed by atoms with Crippen LogP contribution in [0.4, 0.5) is 4.79 Å². The van der Waals surface area contributed by atoms with E-state index in [-0.39, 0.29) is 25.2 Å². The fraction of sp³-hybridized carbons (Fsp3) is 0.909. The van der Waals surface area contributed by atoms with Crippen LogP contribution in [0.25, 0.3) is 0 Å². The predicted octanol–water partition coefficient (Wildman–Crippen LogP) is 1.68. The number of aliphatic hydroxyl groups excluding tert-OH is 2. The fourth-order valence-corrected chi connectivity index (χ4v) is 1.38. The minimum Gasteiger partial charge on any atom is -0.434 e. The van der Waals surface area contributed by atoms with Crippen LogP contribution in [0.3, 0.4) is 0 Å². The summed E-state index contributed by atoms with van der Waals surface area (Å²) in [4.78, 5) is 11.3. The molecule has 0 aliphatic carbocycles. The lowest BCUT2D eigenvalue weighted by Crippen LogP contribution is -2.26. The summed E-state index contributed by atoms with van der Waals surface area (Å²) in [5.74, 6) is 0. The molecule has 2 unspecified atom stereocenters. The van der Waals surface area contributed by atoms with Crippen molar-refractivity contribution in [2.45, 2.75) is 44.1 Å². The largest absolute Gasteiger partial charge is 0.508 e. The van der Waals surface area contributed by atoms with Crippen LogP contribution >= 0.6 is 11.6 Å². The van der Waals surface area contributed by atoms with Gasteiger partial charge in [-0.25, -0.2) is 4.79 Å². The number of alkyl halides is 1. The summed E-state index contributed by atoms with van der Waals surface area (Å²) in [6.45, 7) is 2.07.